The van der Waals surface area contributed by atoms with Crippen molar-refractivity contribution in [2.45, 2.75) is 11.4 Å². The third-order valence-electron chi connectivity index (χ3n) is 2.94. The van der Waals surface area contributed by atoms with Crippen LogP contribution in [-0.4, -0.2) is 25.8 Å². The molecular formula is C13H11ClN2O6S. The van der Waals surface area contributed by atoms with Gasteiger partial charge in [-0.2, -0.15) is 0 Å². The van der Waals surface area contributed by atoms with Crippen molar-refractivity contribution in [2.24, 2.45) is 5.14 Å². The molecule has 0 saturated carbocycles. The number of carbonyl (C=O) groups excluding carboxylic acids is 1. The van der Waals surface area contributed by atoms with Gasteiger partial charge in [0.2, 0.25) is 10.0 Å². The van der Waals surface area contributed by atoms with E-state index in [1.54, 1.807) is 12.1 Å². The van der Waals surface area contributed by atoms with Crippen molar-refractivity contribution in [1.29, 1.82) is 0 Å². The van der Waals surface area contributed by atoms with Gasteiger partial charge in [-0.3, -0.25) is 4.79 Å². The number of carbonyl (C=O) groups is 2. The lowest BCUT2D eigenvalue weighted by Gasteiger charge is -2.15. The molecule has 0 aliphatic rings. The van der Waals surface area contributed by atoms with E-state index in [9.17, 15) is 23.1 Å². The lowest BCUT2D eigenvalue weighted by molar-refractivity contribution is 0.0697. The molecule has 0 unspecified atom stereocenters. The van der Waals surface area contributed by atoms with Crippen molar-refractivity contribution in [2.75, 3.05) is 5.32 Å². The van der Waals surface area contributed by atoms with Crippen molar-refractivity contribution in [3.8, 4) is 0 Å². The zero-order valence-electron chi connectivity index (χ0n) is 11.4. The van der Waals surface area contributed by atoms with E-state index in [0.29, 0.717) is 5.76 Å². The van der Waals surface area contributed by atoms with Gasteiger partial charge in [0.15, 0.2) is 6.29 Å². The number of aldehydes is 1. The van der Waals surface area contributed by atoms with Gasteiger partial charge in [0.05, 0.1) is 34.6 Å². The number of anilines is 1. The molecule has 122 valence electrons. The Morgan fingerprint density at radius 1 is 1.48 bits per heavy atom. The summed E-state index contributed by atoms with van der Waals surface area (Å²) in [6, 6.07) is 4.07. The Bertz CT molecular complexity index is 861. The number of primary sulfonamides is 1. The van der Waals surface area contributed by atoms with Crippen LogP contribution in [-0.2, 0) is 16.6 Å². The van der Waals surface area contributed by atoms with Crippen molar-refractivity contribution in [3.05, 3.63) is 46.4 Å². The summed E-state index contributed by atoms with van der Waals surface area (Å²) in [5, 5.41) is 16.5. The van der Waals surface area contributed by atoms with Crippen LogP contribution in [0.5, 0.6) is 0 Å². The number of hydrogen-bond acceptors (Lipinski definition) is 6. The first-order valence-electron chi connectivity index (χ1n) is 6.09. The molecule has 1 heterocycles. The van der Waals surface area contributed by atoms with Crippen molar-refractivity contribution in [3.63, 3.8) is 0 Å². The molecule has 0 atom stereocenters. The van der Waals surface area contributed by atoms with Crippen LogP contribution in [0.4, 0.5) is 5.69 Å². The minimum atomic E-state index is -4.30. The quantitative estimate of drug-likeness (QED) is 0.667. The number of nitrogens with two attached hydrogens (primary N) is 1. The number of carboxylic acid groups (broad SMARTS) is 1. The summed E-state index contributed by atoms with van der Waals surface area (Å²) in [4.78, 5) is 22.0. The minimum Gasteiger partial charge on any atom is -0.478 e. The smallest absolute Gasteiger partial charge is 0.337 e. The molecule has 0 saturated heterocycles. The number of carboxylic acids is 1. The molecule has 2 rings (SSSR count). The van der Waals surface area contributed by atoms with E-state index in [1.165, 1.54) is 6.26 Å². The fraction of sp³-hybridized carbons (Fsp3) is 0.0769. The van der Waals surface area contributed by atoms with Crippen LogP contribution < -0.4 is 10.5 Å². The molecule has 4 N–H and O–H groups in total. The first kappa shape index (κ1) is 17.0. The second kappa shape index (κ2) is 6.41. The Kier molecular flexibility index (Phi) is 4.73. The van der Waals surface area contributed by atoms with E-state index in [0.717, 1.165) is 6.07 Å². The maximum Gasteiger partial charge on any atom is 0.337 e. The number of hydrogen-bond donors (Lipinski definition) is 3. The van der Waals surface area contributed by atoms with Crippen LogP contribution in [0, 0.1) is 0 Å². The van der Waals surface area contributed by atoms with Crippen LogP contribution in [0.1, 0.15) is 26.5 Å². The highest BCUT2D eigenvalue weighted by Crippen LogP contribution is 2.33. The standard InChI is InChI=1S/C13H11ClN2O6S/c14-11-9(6-17)12(16-5-7-2-1-3-22-7)8(13(18)19)4-10(11)23(15,20)21/h1-4,6,16H,5H2,(H,18,19)(H2,15,20,21). The third-order valence-corrected chi connectivity index (χ3v) is 4.40. The van der Waals surface area contributed by atoms with Gasteiger partial charge < -0.3 is 14.8 Å². The first-order chi connectivity index (χ1) is 10.8. The summed E-state index contributed by atoms with van der Waals surface area (Å²) in [5.41, 5.74) is -0.893. The van der Waals surface area contributed by atoms with E-state index in [-0.39, 0.29) is 24.1 Å². The number of halogens is 1. The highest BCUT2D eigenvalue weighted by atomic mass is 35.5. The van der Waals surface area contributed by atoms with Crippen molar-refractivity contribution < 1.29 is 27.5 Å². The number of sulfonamides is 1. The normalized spacial score (nSPS) is 11.2. The van der Waals surface area contributed by atoms with Gasteiger partial charge in [-0.15, -0.1) is 0 Å². The number of aromatic carboxylic acids is 1. The lowest BCUT2D eigenvalue weighted by atomic mass is 10.1. The summed E-state index contributed by atoms with van der Waals surface area (Å²) in [7, 11) is -4.30. The Hall–Kier alpha value is -2.36. The fourth-order valence-electron chi connectivity index (χ4n) is 1.92. The van der Waals surface area contributed by atoms with E-state index in [4.69, 9.17) is 21.2 Å². The monoisotopic (exact) mass is 358 g/mol. The van der Waals surface area contributed by atoms with Crippen molar-refractivity contribution >= 4 is 39.6 Å². The second-order valence-corrected chi connectivity index (χ2v) is 6.33. The predicted molar refractivity (Wildman–Crippen MR) is 81.2 cm³/mol. The SMILES string of the molecule is NS(=O)(=O)c1cc(C(=O)O)c(NCc2ccco2)c(C=O)c1Cl. The van der Waals surface area contributed by atoms with Crippen LogP contribution in [0.25, 0.3) is 0 Å². The van der Waals surface area contributed by atoms with E-state index in [1.807, 2.05) is 0 Å². The summed E-state index contributed by atoms with van der Waals surface area (Å²) >= 11 is 5.89. The molecule has 1 aromatic carbocycles. The van der Waals surface area contributed by atoms with Gasteiger partial charge in [-0.25, -0.2) is 18.4 Å². The van der Waals surface area contributed by atoms with Crippen LogP contribution in [0.3, 0.4) is 0 Å². The maximum absolute atomic E-state index is 11.5. The summed E-state index contributed by atoms with van der Waals surface area (Å²) in [6.07, 6.45) is 1.68. The molecule has 23 heavy (non-hydrogen) atoms. The largest absolute Gasteiger partial charge is 0.478 e. The van der Waals surface area contributed by atoms with Gasteiger partial charge in [0.1, 0.15) is 10.7 Å². The molecule has 10 heteroatoms. The van der Waals surface area contributed by atoms with E-state index < -0.39 is 31.5 Å². The van der Waals surface area contributed by atoms with Gasteiger partial charge >= 0.3 is 5.97 Å². The van der Waals surface area contributed by atoms with E-state index >= 15 is 0 Å². The first-order valence-corrected chi connectivity index (χ1v) is 8.02. The summed E-state index contributed by atoms with van der Waals surface area (Å²) < 4.78 is 28.1. The number of nitrogens with one attached hydrogen (secondary N) is 1. The Morgan fingerprint density at radius 3 is 2.65 bits per heavy atom. The maximum atomic E-state index is 11.5. The predicted octanol–water partition coefficient (Wildman–Crippen LogP) is 1.70. The molecule has 0 radical (unpaired) electrons. The Morgan fingerprint density at radius 2 is 2.17 bits per heavy atom. The van der Waals surface area contributed by atoms with Gasteiger partial charge in [-0.1, -0.05) is 11.6 Å². The molecule has 0 aliphatic carbocycles. The van der Waals surface area contributed by atoms with Gasteiger partial charge in [0.25, 0.3) is 0 Å². The minimum absolute atomic E-state index is 0.0686. The molecule has 8 nitrogen and oxygen atoms in total. The highest BCUT2D eigenvalue weighted by Gasteiger charge is 2.25. The second-order valence-electron chi connectivity index (χ2n) is 4.43. The average molecular weight is 359 g/mol. The Labute approximate surface area is 135 Å². The van der Waals surface area contributed by atoms with Crippen LogP contribution >= 0.6 is 11.6 Å². The van der Waals surface area contributed by atoms with Gasteiger partial charge in [-0.05, 0) is 18.2 Å². The number of furan rings is 1. The molecule has 0 spiro atoms. The van der Waals surface area contributed by atoms with E-state index in [2.05, 4.69) is 5.32 Å². The van der Waals surface area contributed by atoms with Gasteiger partial charge in [0, 0.05) is 0 Å². The summed E-state index contributed by atoms with van der Waals surface area (Å²) in [5.74, 6) is -0.971. The lowest BCUT2D eigenvalue weighted by Crippen LogP contribution is -2.17. The number of benzene rings is 1. The molecule has 0 fully saturated rings. The Balaban J connectivity index is 2.61. The van der Waals surface area contributed by atoms with Crippen LogP contribution in [0.2, 0.25) is 5.02 Å². The zero-order chi connectivity index (χ0) is 17.2. The molecule has 0 amide bonds. The van der Waals surface area contributed by atoms with Crippen LogP contribution in [0.15, 0.2) is 33.8 Å². The molecule has 0 bridgehead atoms. The molecule has 0 aliphatic heterocycles. The fourth-order valence-corrected chi connectivity index (χ4v) is 3.08. The highest BCUT2D eigenvalue weighted by molar-refractivity contribution is 7.89. The molecular weight excluding hydrogens is 348 g/mol. The molecule has 1 aromatic heterocycles. The van der Waals surface area contributed by atoms with Crippen molar-refractivity contribution in [1.82, 2.24) is 0 Å². The number of rotatable bonds is 6. The third kappa shape index (κ3) is 3.52. The topological polar surface area (TPSA) is 140 Å². The average Bonchev–Trinajstić information content (AvgIpc) is 2.96. The zero-order valence-corrected chi connectivity index (χ0v) is 13.0. The summed E-state index contributed by atoms with van der Waals surface area (Å²) in [6.45, 7) is 0.0686. The molecule has 2 aromatic rings.